The first kappa shape index (κ1) is 24.7. The van der Waals surface area contributed by atoms with Crippen molar-refractivity contribution in [1.82, 2.24) is 14.9 Å². The summed E-state index contributed by atoms with van der Waals surface area (Å²) in [7, 11) is 0. The summed E-state index contributed by atoms with van der Waals surface area (Å²) < 4.78 is 7.00. The number of aliphatic hydroxyl groups is 1. The number of carbonyl (C=O) groups is 2. The van der Waals surface area contributed by atoms with Crippen molar-refractivity contribution in [3.05, 3.63) is 89.7 Å². The summed E-state index contributed by atoms with van der Waals surface area (Å²) in [6, 6.07) is 23.4. The van der Waals surface area contributed by atoms with Crippen molar-refractivity contribution in [3.63, 3.8) is 0 Å². The first-order valence-corrected chi connectivity index (χ1v) is 12.8. The van der Waals surface area contributed by atoms with Gasteiger partial charge in [-0.1, -0.05) is 67.4 Å². The zero-order chi connectivity index (χ0) is 25.8. The van der Waals surface area contributed by atoms with Gasteiger partial charge in [0.05, 0.1) is 28.8 Å². The molecule has 0 bridgehead atoms. The smallest absolute Gasteiger partial charge is 0.338 e. The average Bonchev–Trinajstić information content (AvgIpc) is 3.52. The topological polar surface area (TPSA) is 93.4 Å². The molecule has 2 N–H and O–H groups in total. The maximum atomic E-state index is 13.3. The van der Waals surface area contributed by atoms with Crippen LogP contribution in [0.15, 0.2) is 72.8 Å². The minimum atomic E-state index is -0.864. The number of nitrogens with one attached hydrogen (secondary N) is 1. The normalized spacial score (nSPS) is 14.5. The van der Waals surface area contributed by atoms with Crippen LogP contribution in [0, 0.1) is 0 Å². The molecule has 3 aromatic carbocycles. The van der Waals surface area contributed by atoms with Crippen molar-refractivity contribution in [1.29, 1.82) is 0 Å². The van der Waals surface area contributed by atoms with E-state index < -0.39 is 11.6 Å². The number of hydrogen-bond acceptors (Lipinski definition) is 5. The molecule has 5 rings (SSSR count). The second-order valence-corrected chi connectivity index (χ2v) is 9.62. The molecule has 1 aliphatic rings. The molecule has 0 radical (unpaired) electrons. The predicted molar refractivity (Wildman–Crippen MR) is 142 cm³/mol. The summed E-state index contributed by atoms with van der Waals surface area (Å²) in [5, 5.41) is 13.6. The number of imidazole rings is 1. The lowest BCUT2D eigenvalue weighted by Crippen LogP contribution is -2.41. The minimum absolute atomic E-state index is 0.189. The predicted octanol–water partition coefficient (Wildman–Crippen LogP) is 4.96. The number of carbonyl (C=O) groups excluding carboxylic acids is 2. The number of rotatable bonds is 8. The first-order valence-electron chi connectivity index (χ1n) is 12.8. The van der Waals surface area contributed by atoms with Gasteiger partial charge in [-0.3, -0.25) is 4.79 Å². The lowest BCUT2D eigenvalue weighted by atomic mass is 10.0. The highest BCUT2D eigenvalue weighted by Gasteiger charge is 2.32. The molecule has 1 amide bonds. The van der Waals surface area contributed by atoms with Crippen LogP contribution >= 0.6 is 0 Å². The molecule has 0 spiro atoms. The van der Waals surface area contributed by atoms with E-state index in [1.165, 1.54) is 0 Å². The van der Waals surface area contributed by atoms with Gasteiger partial charge in [0.25, 0.3) is 5.91 Å². The van der Waals surface area contributed by atoms with Gasteiger partial charge < -0.3 is 19.7 Å². The number of amides is 1. The molecule has 0 unspecified atom stereocenters. The number of esters is 1. The molecule has 1 heterocycles. The summed E-state index contributed by atoms with van der Waals surface area (Å²) in [5.41, 5.74) is 4.04. The van der Waals surface area contributed by atoms with Gasteiger partial charge in [-0.2, -0.15) is 0 Å². The molecular formula is C30H31N3O4. The number of aromatic nitrogens is 2. The van der Waals surface area contributed by atoms with E-state index in [1.54, 1.807) is 25.1 Å². The van der Waals surface area contributed by atoms with E-state index in [0.29, 0.717) is 36.0 Å². The van der Waals surface area contributed by atoms with Crippen LogP contribution in [-0.4, -0.2) is 45.3 Å². The zero-order valence-electron chi connectivity index (χ0n) is 20.9. The SMILES string of the molecule is CCOC(=O)c1ccc2nc(C(=O)NCC3(O)CCCC3)n(Cc3ccc(-c4ccccc4)cc3)c2c1. The number of fused-ring (bicyclic) bond motifs is 1. The van der Waals surface area contributed by atoms with E-state index in [0.717, 1.165) is 29.5 Å². The second kappa shape index (κ2) is 10.6. The van der Waals surface area contributed by atoms with Gasteiger partial charge in [-0.05, 0) is 54.7 Å². The summed E-state index contributed by atoms with van der Waals surface area (Å²) in [6.07, 6.45) is 3.28. The van der Waals surface area contributed by atoms with E-state index in [4.69, 9.17) is 4.74 Å². The highest BCUT2D eigenvalue weighted by Crippen LogP contribution is 2.29. The van der Waals surface area contributed by atoms with E-state index in [-0.39, 0.29) is 24.9 Å². The van der Waals surface area contributed by atoms with E-state index in [9.17, 15) is 14.7 Å². The molecule has 0 saturated heterocycles. The van der Waals surface area contributed by atoms with Gasteiger partial charge in [-0.15, -0.1) is 0 Å². The van der Waals surface area contributed by atoms with Gasteiger partial charge in [0.2, 0.25) is 0 Å². The monoisotopic (exact) mass is 497 g/mol. The number of ether oxygens (including phenoxy) is 1. The number of hydrogen-bond donors (Lipinski definition) is 2. The molecule has 1 aromatic heterocycles. The van der Waals surface area contributed by atoms with Gasteiger partial charge in [0.1, 0.15) is 0 Å². The summed E-state index contributed by atoms with van der Waals surface area (Å²) in [5.74, 6) is -0.529. The Labute approximate surface area is 216 Å². The molecule has 1 fully saturated rings. The maximum absolute atomic E-state index is 13.3. The Morgan fingerprint density at radius 3 is 2.41 bits per heavy atom. The Bertz CT molecular complexity index is 1400. The quantitative estimate of drug-likeness (QED) is 0.336. The number of benzene rings is 3. The molecule has 7 heteroatoms. The van der Waals surface area contributed by atoms with Gasteiger partial charge in [0.15, 0.2) is 5.82 Å². The third kappa shape index (κ3) is 5.42. The molecule has 1 saturated carbocycles. The van der Waals surface area contributed by atoms with Crippen molar-refractivity contribution in [2.75, 3.05) is 13.2 Å². The highest BCUT2D eigenvalue weighted by molar-refractivity contribution is 5.98. The van der Waals surface area contributed by atoms with Crippen molar-refractivity contribution < 1.29 is 19.4 Å². The Balaban J connectivity index is 1.48. The molecular weight excluding hydrogens is 466 g/mol. The standard InChI is InChI=1S/C30H31N3O4/c1-2-37-29(35)24-14-15-25-26(18-24)33(27(32-25)28(34)31-20-30(36)16-6-7-17-30)19-21-10-12-23(13-11-21)22-8-4-3-5-9-22/h3-5,8-15,18,36H,2,6-7,16-17,19-20H2,1H3,(H,31,34). The fourth-order valence-corrected chi connectivity index (χ4v) is 4.95. The Kier molecular flexibility index (Phi) is 7.06. The van der Waals surface area contributed by atoms with E-state index >= 15 is 0 Å². The van der Waals surface area contributed by atoms with E-state index in [2.05, 4.69) is 34.6 Å². The van der Waals surface area contributed by atoms with Crippen molar-refractivity contribution in [3.8, 4) is 11.1 Å². The fraction of sp³-hybridized carbons (Fsp3) is 0.300. The highest BCUT2D eigenvalue weighted by atomic mass is 16.5. The van der Waals surface area contributed by atoms with Crippen molar-refractivity contribution in [2.45, 2.75) is 44.8 Å². The lowest BCUT2D eigenvalue weighted by Gasteiger charge is -2.22. The van der Waals surface area contributed by atoms with Gasteiger partial charge >= 0.3 is 5.97 Å². The van der Waals surface area contributed by atoms with Crippen molar-refractivity contribution >= 4 is 22.9 Å². The van der Waals surface area contributed by atoms with Crippen molar-refractivity contribution in [2.24, 2.45) is 0 Å². The first-order chi connectivity index (χ1) is 18.0. The Hall–Kier alpha value is -3.97. The van der Waals surface area contributed by atoms with Crippen LogP contribution in [0.4, 0.5) is 0 Å². The van der Waals surface area contributed by atoms with Crippen LogP contribution in [-0.2, 0) is 11.3 Å². The van der Waals surface area contributed by atoms with Gasteiger partial charge in [-0.25, -0.2) is 9.78 Å². The molecule has 0 aliphatic heterocycles. The number of nitrogens with zero attached hydrogens (tertiary/aromatic N) is 2. The van der Waals surface area contributed by atoms with Crippen LogP contribution in [0.25, 0.3) is 22.2 Å². The minimum Gasteiger partial charge on any atom is -0.462 e. The summed E-state index contributed by atoms with van der Waals surface area (Å²) >= 11 is 0. The summed E-state index contributed by atoms with van der Waals surface area (Å²) in [4.78, 5) is 30.3. The third-order valence-electron chi connectivity index (χ3n) is 6.98. The molecule has 190 valence electrons. The lowest BCUT2D eigenvalue weighted by molar-refractivity contribution is 0.0446. The largest absolute Gasteiger partial charge is 0.462 e. The fourth-order valence-electron chi connectivity index (χ4n) is 4.95. The van der Waals surface area contributed by atoms with Crippen LogP contribution in [0.2, 0.25) is 0 Å². The van der Waals surface area contributed by atoms with Crippen LogP contribution in [0.3, 0.4) is 0 Å². The van der Waals surface area contributed by atoms with E-state index in [1.807, 2.05) is 34.9 Å². The molecule has 0 atom stereocenters. The third-order valence-corrected chi connectivity index (χ3v) is 6.98. The van der Waals surface area contributed by atoms with Crippen LogP contribution in [0.1, 0.15) is 59.1 Å². The Morgan fingerprint density at radius 2 is 1.70 bits per heavy atom. The van der Waals surface area contributed by atoms with Gasteiger partial charge in [0, 0.05) is 13.1 Å². The maximum Gasteiger partial charge on any atom is 0.338 e. The van der Waals surface area contributed by atoms with Crippen LogP contribution in [0.5, 0.6) is 0 Å². The van der Waals surface area contributed by atoms with Crippen LogP contribution < -0.4 is 5.32 Å². The second-order valence-electron chi connectivity index (χ2n) is 9.62. The molecule has 7 nitrogen and oxygen atoms in total. The summed E-state index contributed by atoms with van der Waals surface area (Å²) in [6.45, 7) is 2.63. The molecule has 4 aromatic rings. The molecule has 1 aliphatic carbocycles. The average molecular weight is 498 g/mol. The zero-order valence-corrected chi connectivity index (χ0v) is 20.9. The molecule has 37 heavy (non-hydrogen) atoms. The Morgan fingerprint density at radius 1 is 1.00 bits per heavy atom.